The maximum Gasteiger partial charge on any atom is 0.411 e. The van der Waals surface area contributed by atoms with E-state index in [0.717, 1.165) is 22.0 Å². The maximum atomic E-state index is 12.4. The van der Waals surface area contributed by atoms with Crippen molar-refractivity contribution in [1.29, 1.82) is 0 Å². The minimum absolute atomic E-state index is 0.242. The number of aromatic nitrogens is 2. The highest BCUT2D eigenvalue weighted by Gasteiger charge is 2.13. The van der Waals surface area contributed by atoms with Gasteiger partial charge in [0.1, 0.15) is 0 Å². The van der Waals surface area contributed by atoms with Crippen molar-refractivity contribution < 1.29 is 14.3 Å². The Morgan fingerprint density at radius 3 is 2.64 bits per heavy atom. The second kappa shape index (κ2) is 7.04. The summed E-state index contributed by atoms with van der Waals surface area (Å²) in [6.07, 6.45) is -0.526. The van der Waals surface area contributed by atoms with Crippen molar-refractivity contribution in [2.45, 2.75) is 13.5 Å². The molecule has 1 aromatic heterocycles. The van der Waals surface area contributed by atoms with Gasteiger partial charge in [-0.15, -0.1) is 0 Å². The number of hydrogen-bond acceptors (Lipinski definition) is 4. The summed E-state index contributed by atoms with van der Waals surface area (Å²) in [5.74, 6) is -0.242. The molecule has 3 aromatic rings. The van der Waals surface area contributed by atoms with Crippen LogP contribution in [0.15, 0.2) is 42.5 Å². The van der Waals surface area contributed by atoms with Crippen LogP contribution in [0, 0.1) is 6.92 Å². The topological polar surface area (TPSA) is 96.1 Å². The molecular formula is C18H18N4O3. The van der Waals surface area contributed by atoms with Crippen LogP contribution in [0.3, 0.4) is 0 Å². The molecule has 7 heteroatoms. The van der Waals surface area contributed by atoms with Crippen LogP contribution in [0.25, 0.3) is 10.9 Å². The average molecular weight is 338 g/mol. The number of carbonyl (C=O) groups excluding carboxylic acids is 2. The number of nitrogens with zero attached hydrogens (tertiary/aromatic N) is 1. The Morgan fingerprint density at radius 2 is 1.92 bits per heavy atom. The molecule has 0 spiro atoms. The number of methoxy groups -OCH3 is 1. The van der Waals surface area contributed by atoms with Gasteiger partial charge in [-0.1, -0.05) is 23.8 Å². The van der Waals surface area contributed by atoms with Gasteiger partial charge in [0.15, 0.2) is 5.69 Å². The number of nitrogens with one attached hydrogen (secondary N) is 3. The fraction of sp³-hybridized carbons (Fsp3) is 0.167. The smallest absolute Gasteiger partial charge is 0.411 e. The van der Waals surface area contributed by atoms with Gasteiger partial charge in [0, 0.05) is 17.6 Å². The molecule has 0 radical (unpaired) electrons. The predicted octanol–water partition coefficient (Wildman–Crippen LogP) is 2.98. The van der Waals surface area contributed by atoms with Crippen molar-refractivity contribution in [1.82, 2.24) is 15.5 Å². The number of rotatable bonds is 4. The summed E-state index contributed by atoms with van der Waals surface area (Å²) in [6.45, 7) is 2.33. The van der Waals surface area contributed by atoms with Crippen molar-refractivity contribution in [2.24, 2.45) is 0 Å². The zero-order valence-corrected chi connectivity index (χ0v) is 13.9. The van der Waals surface area contributed by atoms with E-state index in [2.05, 4.69) is 25.6 Å². The van der Waals surface area contributed by atoms with Crippen LogP contribution in [-0.2, 0) is 11.3 Å². The Morgan fingerprint density at radius 1 is 1.16 bits per heavy atom. The van der Waals surface area contributed by atoms with Crippen molar-refractivity contribution in [3.8, 4) is 0 Å². The minimum Gasteiger partial charge on any atom is -0.453 e. The van der Waals surface area contributed by atoms with Gasteiger partial charge in [-0.2, -0.15) is 5.10 Å². The van der Waals surface area contributed by atoms with Crippen molar-refractivity contribution >= 4 is 28.6 Å². The van der Waals surface area contributed by atoms with Crippen LogP contribution < -0.4 is 10.6 Å². The molecule has 2 amide bonds. The van der Waals surface area contributed by atoms with Crippen molar-refractivity contribution in [3.05, 3.63) is 59.3 Å². The first-order valence-electron chi connectivity index (χ1n) is 7.73. The Kier molecular flexibility index (Phi) is 4.65. The molecule has 1 heterocycles. The van der Waals surface area contributed by atoms with Crippen molar-refractivity contribution in [3.63, 3.8) is 0 Å². The molecule has 2 aromatic carbocycles. The zero-order valence-electron chi connectivity index (χ0n) is 13.9. The number of aromatic amines is 1. The van der Waals surface area contributed by atoms with Gasteiger partial charge in [-0.05, 0) is 36.8 Å². The van der Waals surface area contributed by atoms with Crippen LogP contribution in [0.1, 0.15) is 21.6 Å². The highest BCUT2D eigenvalue weighted by atomic mass is 16.5. The SMILES string of the molecule is COC(=O)Nc1ccc(CNC(=O)c2n[nH]c3ccc(C)cc23)cc1. The summed E-state index contributed by atoms with van der Waals surface area (Å²) in [5.41, 5.74) is 3.80. The van der Waals surface area contributed by atoms with Gasteiger partial charge >= 0.3 is 6.09 Å². The van der Waals surface area contributed by atoms with E-state index in [9.17, 15) is 9.59 Å². The molecule has 0 aliphatic carbocycles. The summed E-state index contributed by atoms with van der Waals surface area (Å²) in [5, 5.41) is 13.2. The first-order chi connectivity index (χ1) is 12.1. The summed E-state index contributed by atoms with van der Waals surface area (Å²) in [6, 6.07) is 12.9. The third kappa shape index (κ3) is 3.77. The maximum absolute atomic E-state index is 12.4. The number of fused-ring (bicyclic) bond motifs is 1. The molecule has 3 N–H and O–H groups in total. The molecule has 25 heavy (non-hydrogen) atoms. The molecular weight excluding hydrogens is 320 g/mol. The van der Waals surface area contributed by atoms with Gasteiger partial charge in [0.2, 0.25) is 0 Å². The predicted molar refractivity (Wildman–Crippen MR) is 94.5 cm³/mol. The molecule has 0 fully saturated rings. The molecule has 7 nitrogen and oxygen atoms in total. The van der Waals surface area contributed by atoms with Crippen LogP contribution in [0.4, 0.5) is 10.5 Å². The minimum atomic E-state index is -0.526. The lowest BCUT2D eigenvalue weighted by molar-refractivity contribution is 0.0947. The van der Waals surface area contributed by atoms with Gasteiger partial charge < -0.3 is 10.1 Å². The monoisotopic (exact) mass is 338 g/mol. The molecule has 0 saturated carbocycles. The Labute approximate surface area is 144 Å². The van der Waals surface area contributed by atoms with E-state index >= 15 is 0 Å². The third-order valence-corrected chi connectivity index (χ3v) is 3.77. The van der Waals surface area contributed by atoms with E-state index in [0.29, 0.717) is 17.9 Å². The number of aryl methyl sites for hydroxylation is 1. The quantitative estimate of drug-likeness (QED) is 0.681. The molecule has 0 saturated heterocycles. The molecule has 0 aliphatic rings. The van der Waals surface area contributed by atoms with Gasteiger partial charge in [0.25, 0.3) is 5.91 Å². The van der Waals surface area contributed by atoms with E-state index < -0.39 is 6.09 Å². The molecule has 128 valence electrons. The Balaban J connectivity index is 1.65. The number of hydrogen-bond donors (Lipinski definition) is 3. The lowest BCUT2D eigenvalue weighted by Gasteiger charge is -2.06. The van der Waals surface area contributed by atoms with Crippen LogP contribution in [-0.4, -0.2) is 29.3 Å². The fourth-order valence-corrected chi connectivity index (χ4v) is 2.44. The molecule has 0 bridgehead atoms. The van der Waals surface area contributed by atoms with Crippen LogP contribution in [0.2, 0.25) is 0 Å². The number of carbonyl (C=O) groups is 2. The first-order valence-corrected chi connectivity index (χ1v) is 7.73. The third-order valence-electron chi connectivity index (χ3n) is 3.77. The average Bonchev–Trinajstić information content (AvgIpc) is 3.03. The van der Waals surface area contributed by atoms with E-state index in [-0.39, 0.29) is 5.91 Å². The zero-order chi connectivity index (χ0) is 17.8. The second-order valence-corrected chi connectivity index (χ2v) is 5.62. The van der Waals surface area contributed by atoms with Crippen LogP contribution in [0.5, 0.6) is 0 Å². The van der Waals surface area contributed by atoms with Gasteiger partial charge in [-0.25, -0.2) is 4.79 Å². The van der Waals surface area contributed by atoms with E-state index in [1.807, 2.05) is 37.3 Å². The summed E-state index contributed by atoms with van der Waals surface area (Å²) >= 11 is 0. The Hall–Kier alpha value is -3.35. The summed E-state index contributed by atoms with van der Waals surface area (Å²) in [7, 11) is 1.31. The lowest BCUT2D eigenvalue weighted by Crippen LogP contribution is -2.23. The van der Waals surface area contributed by atoms with Gasteiger partial charge in [-0.3, -0.25) is 15.2 Å². The van der Waals surface area contributed by atoms with Crippen LogP contribution >= 0.6 is 0 Å². The summed E-state index contributed by atoms with van der Waals surface area (Å²) < 4.78 is 4.53. The molecule has 0 atom stereocenters. The number of benzene rings is 2. The van der Waals surface area contributed by atoms with Crippen molar-refractivity contribution in [2.75, 3.05) is 12.4 Å². The van der Waals surface area contributed by atoms with E-state index in [1.165, 1.54) is 7.11 Å². The number of amides is 2. The Bertz CT molecular complexity index is 916. The highest BCUT2D eigenvalue weighted by molar-refractivity contribution is 6.04. The standard InChI is InChI=1S/C18H18N4O3/c1-11-3-8-15-14(9-11)16(22-21-15)17(23)19-10-12-4-6-13(7-5-12)20-18(24)25-2/h3-9H,10H2,1-2H3,(H,19,23)(H,20,24)(H,21,22). The summed E-state index contributed by atoms with van der Waals surface area (Å²) in [4.78, 5) is 23.5. The second-order valence-electron chi connectivity index (χ2n) is 5.62. The normalized spacial score (nSPS) is 10.5. The van der Waals surface area contributed by atoms with E-state index in [1.54, 1.807) is 12.1 Å². The number of H-pyrrole nitrogens is 1. The first kappa shape index (κ1) is 16.5. The lowest BCUT2D eigenvalue weighted by atomic mass is 10.1. The van der Waals surface area contributed by atoms with Gasteiger partial charge in [0.05, 0.1) is 12.6 Å². The highest BCUT2D eigenvalue weighted by Crippen LogP contribution is 2.17. The molecule has 0 aliphatic heterocycles. The van der Waals surface area contributed by atoms with E-state index in [4.69, 9.17) is 0 Å². The number of anilines is 1. The molecule has 3 rings (SSSR count). The molecule has 0 unspecified atom stereocenters. The largest absolute Gasteiger partial charge is 0.453 e. The number of ether oxygens (including phenoxy) is 1. The fourth-order valence-electron chi connectivity index (χ4n) is 2.44.